The predicted molar refractivity (Wildman–Crippen MR) is 83.1 cm³/mol. The lowest BCUT2D eigenvalue weighted by Gasteiger charge is -2.22. The number of carboxylic acids is 1. The van der Waals surface area contributed by atoms with Crippen molar-refractivity contribution in [1.29, 1.82) is 0 Å². The van der Waals surface area contributed by atoms with Crippen molar-refractivity contribution in [3.63, 3.8) is 0 Å². The molecule has 0 saturated carbocycles. The van der Waals surface area contributed by atoms with Crippen molar-refractivity contribution in [2.45, 2.75) is 45.6 Å². The normalized spacial score (nSPS) is 17.8. The van der Waals surface area contributed by atoms with E-state index in [2.05, 4.69) is 13.8 Å². The second-order valence-corrected chi connectivity index (χ2v) is 6.07. The Bertz CT molecular complexity index is 568. The monoisotopic (exact) mass is 305 g/mol. The van der Waals surface area contributed by atoms with E-state index in [0.717, 1.165) is 17.5 Å². The summed E-state index contributed by atoms with van der Waals surface area (Å²) in [4.78, 5) is 24.8. The van der Waals surface area contributed by atoms with Crippen molar-refractivity contribution in [3.8, 4) is 5.75 Å². The highest BCUT2D eigenvalue weighted by Gasteiger charge is 2.34. The molecule has 0 aliphatic carbocycles. The highest BCUT2D eigenvalue weighted by Crippen LogP contribution is 2.27. The molecule has 1 aliphatic rings. The molecule has 1 atom stereocenters. The molecule has 0 spiro atoms. The van der Waals surface area contributed by atoms with Crippen LogP contribution in [0.1, 0.15) is 43.7 Å². The second-order valence-electron chi connectivity index (χ2n) is 6.07. The van der Waals surface area contributed by atoms with Crippen molar-refractivity contribution in [2.24, 2.45) is 0 Å². The van der Waals surface area contributed by atoms with E-state index in [4.69, 9.17) is 9.84 Å². The molecule has 1 aliphatic heterocycles. The summed E-state index contributed by atoms with van der Waals surface area (Å²) in [5, 5.41) is 9.14. The van der Waals surface area contributed by atoms with Crippen molar-refractivity contribution in [3.05, 3.63) is 29.3 Å². The van der Waals surface area contributed by atoms with Crippen LogP contribution in [0, 0.1) is 6.92 Å². The third-order valence-electron chi connectivity index (χ3n) is 4.00. The lowest BCUT2D eigenvalue weighted by atomic mass is 10.0. The number of aryl methyl sites for hydroxylation is 1. The van der Waals surface area contributed by atoms with Crippen LogP contribution in [-0.4, -0.2) is 41.1 Å². The van der Waals surface area contributed by atoms with Gasteiger partial charge in [0, 0.05) is 6.54 Å². The average Bonchev–Trinajstić information content (AvgIpc) is 2.94. The van der Waals surface area contributed by atoms with E-state index in [1.54, 1.807) is 0 Å². The zero-order valence-electron chi connectivity index (χ0n) is 13.3. The van der Waals surface area contributed by atoms with Crippen molar-refractivity contribution < 1.29 is 19.4 Å². The summed E-state index contributed by atoms with van der Waals surface area (Å²) in [6.07, 6.45) is 1.24. The number of carbonyl (C=O) groups excluding carboxylic acids is 1. The number of amides is 1. The van der Waals surface area contributed by atoms with Gasteiger partial charge in [-0.3, -0.25) is 4.79 Å². The number of nitrogens with zero attached hydrogens (tertiary/aromatic N) is 1. The summed E-state index contributed by atoms with van der Waals surface area (Å²) in [5.74, 6) is -0.205. The van der Waals surface area contributed by atoms with Crippen LogP contribution >= 0.6 is 0 Å². The zero-order valence-corrected chi connectivity index (χ0v) is 13.3. The van der Waals surface area contributed by atoms with Crippen LogP contribution in [-0.2, 0) is 9.59 Å². The molecule has 1 N–H and O–H groups in total. The highest BCUT2D eigenvalue weighted by molar-refractivity contribution is 5.85. The molecule has 2 rings (SSSR count). The topological polar surface area (TPSA) is 66.8 Å². The maximum atomic E-state index is 12.2. The van der Waals surface area contributed by atoms with Gasteiger partial charge in [0.1, 0.15) is 11.8 Å². The van der Waals surface area contributed by atoms with Crippen LogP contribution in [0.2, 0.25) is 0 Å². The van der Waals surface area contributed by atoms with E-state index < -0.39 is 12.0 Å². The summed E-state index contributed by atoms with van der Waals surface area (Å²) in [5.41, 5.74) is 2.12. The first kappa shape index (κ1) is 16.3. The number of hydrogen-bond donors (Lipinski definition) is 1. The van der Waals surface area contributed by atoms with Gasteiger partial charge >= 0.3 is 5.97 Å². The summed E-state index contributed by atoms with van der Waals surface area (Å²) < 4.78 is 5.70. The maximum absolute atomic E-state index is 12.2. The van der Waals surface area contributed by atoms with E-state index in [9.17, 15) is 9.59 Å². The minimum Gasteiger partial charge on any atom is -0.483 e. The summed E-state index contributed by atoms with van der Waals surface area (Å²) in [6.45, 7) is 6.48. The van der Waals surface area contributed by atoms with Gasteiger partial charge in [0.2, 0.25) is 0 Å². The first-order valence-electron chi connectivity index (χ1n) is 7.65. The van der Waals surface area contributed by atoms with Gasteiger partial charge in [-0.1, -0.05) is 26.0 Å². The first-order valence-corrected chi connectivity index (χ1v) is 7.65. The molecule has 1 aromatic carbocycles. The number of likely N-dealkylation sites (tertiary alicyclic amines) is 1. The number of carboxylic acid groups (broad SMARTS) is 1. The first-order chi connectivity index (χ1) is 10.4. The Morgan fingerprint density at radius 1 is 1.41 bits per heavy atom. The molecule has 1 unspecified atom stereocenters. The summed E-state index contributed by atoms with van der Waals surface area (Å²) in [7, 11) is 0. The van der Waals surface area contributed by atoms with Crippen LogP contribution in [0.25, 0.3) is 0 Å². The van der Waals surface area contributed by atoms with Gasteiger partial charge in [-0.25, -0.2) is 4.79 Å². The largest absolute Gasteiger partial charge is 0.483 e. The molecule has 1 heterocycles. The van der Waals surface area contributed by atoms with E-state index in [-0.39, 0.29) is 12.5 Å². The Labute approximate surface area is 130 Å². The summed E-state index contributed by atoms with van der Waals surface area (Å²) >= 11 is 0. The van der Waals surface area contributed by atoms with Gasteiger partial charge in [-0.15, -0.1) is 0 Å². The quantitative estimate of drug-likeness (QED) is 0.908. The van der Waals surface area contributed by atoms with E-state index >= 15 is 0 Å². The molecule has 22 heavy (non-hydrogen) atoms. The Hall–Kier alpha value is -2.04. The number of carbonyl (C=O) groups is 2. The van der Waals surface area contributed by atoms with Gasteiger partial charge in [-0.2, -0.15) is 0 Å². The third kappa shape index (κ3) is 3.59. The fraction of sp³-hybridized carbons (Fsp3) is 0.529. The van der Waals surface area contributed by atoms with Gasteiger partial charge in [0.25, 0.3) is 5.91 Å². The molecule has 120 valence electrons. The molecule has 0 aromatic heterocycles. The third-order valence-corrected chi connectivity index (χ3v) is 4.00. The molecule has 1 amide bonds. The molecule has 5 nitrogen and oxygen atoms in total. The lowest BCUT2D eigenvalue weighted by Crippen LogP contribution is -2.42. The maximum Gasteiger partial charge on any atom is 0.326 e. The lowest BCUT2D eigenvalue weighted by molar-refractivity contribution is -0.148. The van der Waals surface area contributed by atoms with Crippen LogP contribution in [0.5, 0.6) is 5.75 Å². The fourth-order valence-corrected chi connectivity index (χ4v) is 2.79. The second kappa shape index (κ2) is 6.81. The minimum absolute atomic E-state index is 0.118. The number of aliphatic carboxylic acids is 1. The molecular weight excluding hydrogens is 282 g/mol. The molecule has 1 saturated heterocycles. The van der Waals surface area contributed by atoms with Crippen molar-refractivity contribution in [2.75, 3.05) is 13.2 Å². The zero-order chi connectivity index (χ0) is 16.3. The van der Waals surface area contributed by atoms with Crippen molar-refractivity contribution in [1.82, 2.24) is 4.90 Å². The highest BCUT2D eigenvalue weighted by atomic mass is 16.5. The Balaban J connectivity index is 2.05. The molecule has 5 heteroatoms. The number of ether oxygens (including phenoxy) is 1. The fourth-order valence-electron chi connectivity index (χ4n) is 2.79. The Morgan fingerprint density at radius 3 is 2.77 bits per heavy atom. The predicted octanol–water partition coefficient (Wildman–Crippen LogP) is 2.57. The van der Waals surface area contributed by atoms with Crippen LogP contribution < -0.4 is 4.74 Å². The average molecular weight is 305 g/mol. The van der Waals surface area contributed by atoms with Crippen LogP contribution in [0.15, 0.2) is 18.2 Å². The number of hydrogen-bond acceptors (Lipinski definition) is 3. The Kier molecular flexibility index (Phi) is 5.06. The summed E-state index contributed by atoms with van der Waals surface area (Å²) in [6, 6.07) is 5.24. The van der Waals surface area contributed by atoms with Crippen molar-refractivity contribution >= 4 is 11.9 Å². The molecular formula is C17H23NO4. The minimum atomic E-state index is -0.940. The van der Waals surface area contributed by atoms with E-state index in [1.165, 1.54) is 4.90 Å². The smallest absolute Gasteiger partial charge is 0.326 e. The molecule has 1 aromatic rings. The Morgan fingerprint density at radius 2 is 2.14 bits per heavy atom. The SMILES string of the molecule is Cc1ccc(C(C)C)c(OCC(=O)N2CCCC2C(=O)O)c1. The molecule has 0 bridgehead atoms. The number of rotatable bonds is 5. The van der Waals surface area contributed by atoms with Gasteiger partial charge in [-0.05, 0) is 42.9 Å². The van der Waals surface area contributed by atoms with E-state index in [0.29, 0.717) is 24.6 Å². The van der Waals surface area contributed by atoms with Crippen LogP contribution in [0.3, 0.4) is 0 Å². The number of benzene rings is 1. The van der Waals surface area contributed by atoms with Gasteiger partial charge in [0.05, 0.1) is 0 Å². The van der Waals surface area contributed by atoms with Gasteiger partial charge in [0.15, 0.2) is 6.61 Å². The van der Waals surface area contributed by atoms with Crippen LogP contribution in [0.4, 0.5) is 0 Å². The van der Waals surface area contributed by atoms with Gasteiger partial charge < -0.3 is 14.7 Å². The standard InChI is InChI=1S/C17H23NO4/c1-11(2)13-7-6-12(3)9-15(13)22-10-16(19)18-8-4-5-14(18)17(20)21/h6-7,9,11,14H,4-5,8,10H2,1-3H3,(H,20,21). The molecule has 1 fully saturated rings. The van der Waals surface area contributed by atoms with E-state index in [1.807, 2.05) is 25.1 Å². The molecule has 0 radical (unpaired) electrons.